The van der Waals surface area contributed by atoms with E-state index < -0.39 is 11.9 Å². The van der Waals surface area contributed by atoms with Gasteiger partial charge in [0, 0.05) is 0 Å². The van der Waals surface area contributed by atoms with Crippen molar-refractivity contribution in [1.29, 1.82) is 0 Å². The first-order valence-corrected chi connectivity index (χ1v) is 5.96. The van der Waals surface area contributed by atoms with Crippen LogP contribution >= 0.6 is 0 Å². The lowest BCUT2D eigenvalue weighted by atomic mass is 10.0. The van der Waals surface area contributed by atoms with Crippen LogP contribution in [0.5, 0.6) is 0 Å². The molecule has 5 N–H and O–H groups in total. The van der Waals surface area contributed by atoms with Gasteiger partial charge in [0.25, 0.3) is 5.91 Å². The van der Waals surface area contributed by atoms with Crippen LogP contribution in [0.25, 0.3) is 0 Å². The number of hydrogen-bond acceptors (Lipinski definition) is 4. The number of carbonyl (C=O) groups is 2. The van der Waals surface area contributed by atoms with E-state index in [0.717, 1.165) is 12.8 Å². The van der Waals surface area contributed by atoms with Crippen LogP contribution in [0.15, 0.2) is 0 Å². The lowest BCUT2D eigenvalue weighted by molar-refractivity contribution is -0.129. The molecule has 6 nitrogen and oxygen atoms in total. The van der Waals surface area contributed by atoms with Crippen molar-refractivity contribution in [2.75, 3.05) is 13.1 Å². The van der Waals surface area contributed by atoms with Gasteiger partial charge in [-0.15, -0.1) is 0 Å². The highest BCUT2D eigenvalue weighted by molar-refractivity contribution is 5.83. The minimum Gasteiger partial charge on any atom is -0.369 e. The maximum Gasteiger partial charge on any atom is 0.251 e. The molecule has 17 heavy (non-hydrogen) atoms. The molecule has 2 amide bonds. The van der Waals surface area contributed by atoms with Crippen molar-refractivity contribution in [1.82, 2.24) is 10.3 Å². The van der Waals surface area contributed by atoms with Gasteiger partial charge in [-0.3, -0.25) is 19.9 Å². The van der Waals surface area contributed by atoms with Gasteiger partial charge in [-0.1, -0.05) is 27.2 Å². The van der Waals surface area contributed by atoms with E-state index in [1.807, 2.05) is 13.8 Å². The first kappa shape index (κ1) is 15.9. The second-order valence-electron chi connectivity index (χ2n) is 4.49. The Morgan fingerprint density at radius 3 is 2.29 bits per heavy atom. The van der Waals surface area contributed by atoms with Crippen LogP contribution in [-0.2, 0) is 9.59 Å². The van der Waals surface area contributed by atoms with Crippen molar-refractivity contribution in [3.05, 3.63) is 0 Å². The molecule has 100 valence electrons. The van der Waals surface area contributed by atoms with E-state index in [0.29, 0.717) is 6.54 Å². The summed E-state index contributed by atoms with van der Waals surface area (Å²) < 4.78 is 0. The highest BCUT2D eigenvalue weighted by Gasteiger charge is 2.28. The number of hydrazine groups is 1. The van der Waals surface area contributed by atoms with E-state index in [-0.39, 0.29) is 18.4 Å². The molecule has 0 aromatic rings. The molecule has 0 aliphatic carbocycles. The standard InChI is InChI=1S/C11H24N4O2/c1-4-5-6-15(7-9(12)16)10(8(2)3)11(17)14-13/h8,10H,4-7,13H2,1-3H3,(H2,12,16)(H,14,17). The quantitative estimate of drug-likeness (QED) is 0.307. The molecule has 1 unspecified atom stereocenters. The molecule has 0 bridgehead atoms. The van der Waals surface area contributed by atoms with Crippen LogP contribution in [0.2, 0.25) is 0 Å². The molecule has 0 heterocycles. The molecule has 0 aromatic heterocycles. The van der Waals surface area contributed by atoms with Gasteiger partial charge in [-0.25, -0.2) is 5.84 Å². The Balaban J connectivity index is 4.78. The summed E-state index contributed by atoms with van der Waals surface area (Å²) in [5.41, 5.74) is 7.34. The second kappa shape index (κ2) is 8.03. The molecule has 0 radical (unpaired) electrons. The van der Waals surface area contributed by atoms with Gasteiger partial charge < -0.3 is 5.73 Å². The van der Waals surface area contributed by atoms with Gasteiger partial charge in [0.1, 0.15) is 0 Å². The number of amides is 2. The van der Waals surface area contributed by atoms with Crippen molar-refractivity contribution in [3.8, 4) is 0 Å². The predicted molar refractivity (Wildman–Crippen MR) is 66.6 cm³/mol. The smallest absolute Gasteiger partial charge is 0.251 e. The first-order valence-electron chi connectivity index (χ1n) is 5.96. The Labute approximate surface area is 103 Å². The molecule has 0 aliphatic heterocycles. The van der Waals surface area contributed by atoms with Crippen molar-refractivity contribution in [2.45, 2.75) is 39.7 Å². The number of rotatable bonds is 8. The Morgan fingerprint density at radius 1 is 1.35 bits per heavy atom. The molecule has 0 saturated carbocycles. The van der Waals surface area contributed by atoms with Crippen molar-refractivity contribution in [2.24, 2.45) is 17.5 Å². The number of carbonyl (C=O) groups excluding carboxylic acids is 2. The summed E-state index contributed by atoms with van der Waals surface area (Å²) in [6.45, 7) is 6.63. The average Bonchev–Trinajstić information content (AvgIpc) is 2.24. The first-order chi connectivity index (χ1) is 7.93. The van der Waals surface area contributed by atoms with Gasteiger partial charge in [0.2, 0.25) is 5.91 Å². The monoisotopic (exact) mass is 244 g/mol. The zero-order valence-electron chi connectivity index (χ0n) is 10.9. The number of unbranched alkanes of at least 4 members (excludes halogenated alkanes) is 1. The second-order valence-corrected chi connectivity index (χ2v) is 4.49. The molecule has 0 spiro atoms. The third-order valence-electron chi connectivity index (χ3n) is 2.59. The number of nitrogens with one attached hydrogen (secondary N) is 1. The van der Waals surface area contributed by atoms with Gasteiger partial charge in [0.05, 0.1) is 12.6 Å². The lowest BCUT2D eigenvalue weighted by Gasteiger charge is -2.31. The molecule has 0 rings (SSSR count). The van der Waals surface area contributed by atoms with Gasteiger partial charge in [-0.05, 0) is 18.9 Å². The molecule has 1 atom stereocenters. The molecule has 0 aromatic carbocycles. The normalized spacial score (nSPS) is 12.8. The van der Waals surface area contributed by atoms with E-state index in [1.165, 1.54) is 0 Å². The molecule has 0 aliphatic rings. The summed E-state index contributed by atoms with van der Waals surface area (Å²) >= 11 is 0. The largest absolute Gasteiger partial charge is 0.369 e. The summed E-state index contributed by atoms with van der Waals surface area (Å²) in [4.78, 5) is 24.5. The van der Waals surface area contributed by atoms with E-state index in [2.05, 4.69) is 12.3 Å². The summed E-state index contributed by atoms with van der Waals surface area (Å²) in [6.07, 6.45) is 1.90. The van der Waals surface area contributed by atoms with E-state index in [1.54, 1.807) is 4.90 Å². The van der Waals surface area contributed by atoms with Crippen LogP contribution in [0.3, 0.4) is 0 Å². The Kier molecular flexibility index (Phi) is 7.49. The maximum absolute atomic E-state index is 11.7. The van der Waals surface area contributed by atoms with E-state index in [9.17, 15) is 9.59 Å². The highest BCUT2D eigenvalue weighted by atomic mass is 16.2. The Hall–Kier alpha value is -1.14. The molecule has 6 heteroatoms. The van der Waals surface area contributed by atoms with E-state index >= 15 is 0 Å². The summed E-state index contributed by atoms with van der Waals surface area (Å²) in [5.74, 6) is 4.52. The van der Waals surface area contributed by atoms with Crippen molar-refractivity contribution < 1.29 is 9.59 Å². The van der Waals surface area contributed by atoms with Gasteiger partial charge in [-0.2, -0.15) is 0 Å². The minimum absolute atomic E-state index is 0.0646. The van der Waals surface area contributed by atoms with Crippen LogP contribution < -0.4 is 17.0 Å². The fourth-order valence-electron chi connectivity index (χ4n) is 1.85. The van der Waals surface area contributed by atoms with Crippen molar-refractivity contribution >= 4 is 11.8 Å². The Bertz CT molecular complexity index is 256. The van der Waals surface area contributed by atoms with Crippen LogP contribution in [0, 0.1) is 5.92 Å². The summed E-state index contributed by atoms with van der Waals surface area (Å²) in [5, 5.41) is 0. The predicted octanol–water partition coefficient (Wildman–Crippen LogP) is -0.412. The van der Waals surface area contributed by atoms with Crippen molar-refractivity contribution in [3.63, 3.8) is 0 Å². The molecule has 0 saturated heterocycles. The SMILES string of the molecule is CCCCN(CC(N)=O)C(C(=O)NN)C(C)C. The fraction of sp³-hybridized carbons (Fsp3) is 0.818. The van der Waals surface area contributed by atoms with Crippen LogP contribution in [0.1, 0.15) is 33.6 Å². The maximum atomic E-state index is 11.7. The third-order valence-corrected chi connectivity index (χ3v) is 2.59. The van der Waals surface area contributed by atoms with Gasteiger partial charge in [0.15, 0.2) is 0 Å². The average molecular weight is 244 g/mol. The third kappa shape index (κ3) is 5.65. The van der Waals surface area contributed by atoms with Crippen LogP contribution in [-0.4, -0.2) is 35.8 Å². The zero-order chi connectivity index (χ0) is 13.4. The number of primary amides is 1. The van der Waals surface area contributed by atoms with Gasteiger partial charge >= 0.3 is 0 Å². The minimum atomic E-state index is -0.434. The Morgan fingerprint density at radius 2 is 1.94 bits per heavy atom. The summed E-state index contributed by atoms with van der Waals surface area (Å²) in [6, 6.07) is -0.418. The number of hydrogen-bond donors (Lipinski definition) is 3. The molecular formula is C11H24N4O2. The molecular weight excluding hydrogens is 220 g/mol. The molecule has 0 fully saturated rings. The van der Waals surface area contributed by atoms with E-state index in [4.69, 9.17) is 11.6 Å². The zero-order valence-corrected chi connectivity index (χ0v) is 10.9. The topological polar surface area (TPSA) is 101 Å². The lowest BCUT2D eigenvalue weighted by Crippen LogP contribution is -2.54. The number of nitrogens with two attached hydrogens (primary N) is 2. The van der Waals surface area contributed by atoms with Crippen LogP contribution in [0.4, 0.5) is 0 Å². The highest BCUT2D eigenvalue weighted by Crippen LogP contribution is 2.12. The fourth-order valence-corrected chi connectivity index (χ4v) is 1.85. The summed E-state index contributed by atoms with van der Waals surface area (Å²) in [7, 11) is 0. The number of nitrogens with zero attached hydrogens (tertiary/aromatic N) is 1.